The van der Waals surface area contributed by atoms with Crippen LogP contribution in [-0.2, 0) is 4.79 Å². The molecule has 2 aromatic rings. The molecule has 0 bridgehead atoms. The van der Waals surface area contributed by atoms with Crippen molar-refractivity contribution in [3.8, 4) is 11.6 Å². The van der Waals surface area contributed by atoms with Crippen molar-refractivity contribution in [2.24, 2.45) is 5.10 Å². The van der Waals surface area contributed by atoms with E-state index in [4.69, 9.17) is 9.47 Å². The second-order valence-electron chi connectivity index (χ2n) is 5.89. The number of carbonyl (C=O) groups is 1. The van der Waals surface area contributed by atoms with Crippen LogP contribution in [-0.4, -0.2) is 47.5 Å². The SMILES string of the molecule is CCOc1cc(OC)c(C2=CC(C(=O)O)=N[N+]2(C)c2c(F)cncc2F)cn1. The number of ether oxygens (including phenoxy) is 2. The molecule has 1 aliphatic rings. The summed E-state index contributed by atoms with van der Waals surface area (Å²) in [6, 6.07) is 1.50. The van der Waals surface area contributed by atoms with Crippen LogP contribution in [0.25, 0.3) is 5.70 Å². The molecule has 8 nitrogen and oxygen atoms in total. The van der Waals surface area contributed by atoms with Gasteiger partial charge in [0.15, 0.2) is 5.70 Å². The van der Waals surface area contributed by atoms with Crippen molar-refractivity contribution in [2.75, 3.05) is 20.8 Å². The smallest absolute Gasteiger partial charge is 0.360 e. The maximum atomic E-state index is 14.5. The van der Waals surface area contributed by atoms with Gasteiger partial charge in [0.1, 0.15) is 12.8 Å². The number of methoxy groups -OCH3 is 1. The van der Waals surface area contributed by atoms with Crippen molar-refractivity contribution in [2.45, 2.75) is 6.92 Å². The van der Waals surface area contributed by atoms with Gasteiger partial charge in [-0.25, -0.2) is 9.78 Å². The lowest BCUT2D eigenvalue weighted by atomic mass is 10.1. The highest BCUT2D eigenvalue weighted by molar-refractivity contribution is 6.43. The standard InChI is InChI=1S/C18H16F2N4O4/c1-4-28-16-6-15(27-3)10(7-22-16)14-5-13(18(25)26)23-24(14,2)17-11(19)8-21-9-12(17)20/h5-9H,4H2,1-3H3/p+1. The van der Waals surface area contributed by atoms with Gasteiger partial charge in [0, 0.05) is 18.3 Å². The lowest BCUT2D eigenvalue weighted by molar-refractivity contribution is -0.129. The van der Waals surface area contributed by atoms with E-state index in [9.17, 15) is 18.7 Å². The number of aromatic nitrogens is 2. The Morgan fingerprint density at radius 2 is 1.93 bits per heavy atom. The van der Waals surface area contributed by atoms with E-state index in [-0.39, 0.29) is 23.0 Å². The van der Waals surface area contributed by atoms with Crippen molar-refractivity contribution in [3.05, 3.63) is 47.9 Å². The molecule has 0 aliphatic carbocycles. The molecule has 0 spiro atoms. The summed E-state index contributed by atoms with van der Waals surface area (Å²) >= 11 is 0. The Labute approximate surface area is 159 Å². The highest BCUT2D eigenvalue weighted by atomic mass is 19.1. The zero-order chi connectivity index (χ0) is 20.5. The molecule has 1 unspecified atom stereocenters. The van der Waals surface area contributed by atoms with Gasteiger partial charge in [-0.2, -0.15) is 8.78 Å². The predicted molar refractivity (Wildman–Crippen MR) is 96.9 cm³/mol. The first-order valence-electron chi connectivity index (χ1n) is 8.20. The number of hydrogen-bond donors (Lipinski definition) is 1. The Kier molecular flexibility index (Phi) is 5.06. The van der Waals surface area contributed by atoms with E-state index in [0.717, 1.165) is 12.4 Å². The Balaban J connectivity index is 2.24. The number of pyridine rings is 2. The Morgan fingerprint density at radius 3 is 2.50 bits per heavy atom. The zero-order valence-corrected chi connectivity index (χ0v) is 15.3. The van der Waals surface area contributed by atoms with Crippen molar-refractivity contribution in [1.82, 2.24) is 14.6 Å². The quantitative estimate of drug-likeness (QED) is 0.761. The molecule has 0 saturated heterocycles. The lowest BCUT2D eigenvalue weighted by Crippen LogP contribution is -2.37. The average Bonchev–Trinajstić information content (AvgIpc) is 3.00. The topological polar surface area (TPSA) is 93.9 Å². The van der Waals surface area contributed by atoms with Gasteiger partial charge in [0.2, 0.25) is 28.9 Å². The summed E-state index contributed by atoms with van der Waals surface area (Å²) in [4.78, 5) is 19.1. The van der Waals surface area contributed by atoms with Gasteiger partial charge in [0.25, 0.3) is 0 Å². The molecular weight excluding hydrogens is 374 g/mol. The van der Waals surface area contributed by atoms with Crippen LogP contribution in [0.15, 0.2) is 35.8 Å². The first-order valence-corrected chi connectivity index (χ1v) is 8.20. The second kappa shape index (κ2) is 7.31. The van der Waals surface area contributed by atoms with Crippen LogP contribution < -0.4 is 14.1 Å². The molecule has 1 N–H and O–H groups in total. The number of halogens is 2. The van der Waals surface area contributed by atoms with Crippen molar-refractivity contribution in [3.63, 3.8) is 0 Å². The summed E-state index contributed by atoms with van der Waals surface area (Å²) in [5.41, 5.74) is -0.379. The molecule has 1 aliphatic heterocycles. The van der Waals surface area contributed by atoms with Crippen LogP contribution in [0, 0.1) is 11.6 Å². The molecule has 10 heteroatoms. The van der Waals surface area contributed by atoms with Crippen molar-refractivity contribution in [1.29, 1.82) is 0 Å². The van der Waals surface area contributed by atoms with Crippen molar-refractivity contribution < 1.29 is 28.2 Å². The maximum Gasteiger partial charge on any atom is 0.360 e. The molecule has 0 amide bonds. The normalized spacial score (nSPS) is 18.5. The number of carboxylic acid groups (broad SMARTS) is 1. The zero-order valence-electron chi connectivity index (χ0n) is 15.3. The minimum absolute atomic E-state index is 0.161. The molecule has 2 aromatic heterocycles. The number of hydrogen-bond acceptors (Lipinski definition) is 6. The van der Waals surface area contributed by atoms with Crippen molar-refractivity contribution >= 4 is 23.1 Å². The first kappa shape index (κ1) is 19.4. The van der Waals surface area contributed by atoms with Gasteiger partial charge in [-0.15, -0.1) is 4.59 Å². The molecule has 3 rings (SSSR count). The fourth-order valence-corrected chi connectivity index (χ4v) is 2.97. The third-order valence-corrected chi connectivity index (χ3v) is 4.16. The van der Waals surface area contributed by atoms with E-state index < -0.39 is 27.9 Å². The summed E-state index contributed by atoms with van der Waals surface area (Å²) in [6.45, 7) is 2.17. The number of carboxylic acids is 1. The highest BCUT2D eigenvalue weighted by Gasteiger charge is 2.45. The summed E-state index contributed by atoms with van der Waals surface area (Å²) in [7, 11) is 2.76. The Bertz CT molecular complexity index is 989. The van der Waals surface area contributed by atoms with E-state index in [1.165, 1.54) is 32.5 Å². The lowest BCUT2D eigenvalue weighted by Gasteiger charge is -2.27. The maximum absolute atomic E-state index is 14.5. The van der Waals surface area contributed by atoms with Gasteiger partial charge in [-0.3, -0.25) is 4.98 Å². The van der Waals surface area contributed by atoms with Crippen LogP contribution in [0.4, 0.5) is 14.5 Å². The largest absolute Gasteiger partial charge is 0.496 e. The number of quaternary nitrogens is 1. The molecule has 1 atom stereocenters. The fourth-order valence-electron chi connectivity index (χ4n) is 2.97. The van der Waals surface area contributed by atoms with Crippen LogP contribution >= 0.6 is 0 Å². The molecular formula is C18H17F2N4O4+. The fraction of sp³-hybridized carbons (Fsp3) is 0.222. The minimum atomic E-state index is -1.34. The third kappa shape index (κ3) is 3.18. The minimum Gasteiger partial charge on any atom is -0.496 e. The Morgan fingerprint density at radius 1 is 1.25 bits per heavy atom. The number of nitrogens with zero attached hydrogens (tertiary/aromatic N) is 4. The van der Waals surface area contributed by atoms with E-state index in [0.29, 0.717) is 12.2 Å². The summed E-state index contributed by atoms with van der Waals surface area (Å²) in [5, 5.41) is 13.4. The van der Waals surface area contributed by atoms with Gasteiger partial charge in [0.05, 0.1) is 31.7 Å². The number of aliphatic carboxylic acids is 1. The highest BCUT2D eigenvalue weighted by Crippen LogP contribution is 2.43. The molecule has 0 radical (unpaired) electrons. The van der Waals surface area contributed by atoms with Gasteiger partial charge < -0.3 is 14.6 Å². The summed E-state index contributed by atoms with van der Waals surface area (Å²) in [5.74, 6) is -2.71. The summed E-state index contributed by atoms with van der Waals surface area (Å²) < 4.78 is 38.8. The van der Waals surface area contributed by atoms with Gasteiger partial charge >= 0.3 is 5.97 Å². The molecule has 146 valence electrons. The first-order chi connectivity index (χ1) is 13.3. The number of rotatable bonds is 6. The third-order valence-electron chi connectivity index (χ3n) is 4.16. The molecule has 28 heavy (non-hydrogen) atoms. The van der Waals surface area contributed by atoms with Gasteiger partial charge in [-0.1, -0.05) is 5.10 Å². The molecule has 0 aromatic carbocycles. The van der Waals surface area contributed by atoms with E-state index in [2.05, 4.69) is 15.1 Å². The van der Waals surface area contributed by atoms with Crippen LogP contribution in [0.5, 0.6) is 11.6 Å². The molecule has 0 fully saturated rings. The van der Waals surface area contributed by atoms with Crippen LogP contribution in [0.2, 0.25) is 0 Å². The second-order valence-corrected chi connectivity index (χ2v) is 5.89. The van der Waals surface area contributed by atoms with E-state index in [1.807, 2.05) is 0 Å². The van der Waals surface area contributed by atoms with E-state index >= 15 is 0 Å². The van der Waals surface area contributed by atoms with E-state index in [1.54, 1.807) is 6.92 Å². The molecule has 0 saturated carbocycles. The monoisotopic (exact) mass is 391 g/mol. The average molecular weight is 391 g/mol. The summed E-state index contributed by atoms with van der Waals surface area (Å²) in [6.07, 6.45) is 4.27. The van der Waals surface area contributed by atoms with Crippen LogP contribution in [0.3, 0.4) is 0 Å². The van der Waals surface area contributed by atoms with Crippen LogP contribution in [0.1, 0.15) is 12.5 Å². The molecule has 3 heterocycles. The Hall–Kier alpha value is -3.40. The predicted octanol–water partition coefficient (Wildman–Crippen LogP) is 2.59. The van der Waals surface area contributed by atoms with Gasteiger partial charge in [-0.05, 0) is 6.92 Å².